The van der Waals surface area contributed by atoms with Crippen LogP contribution >= 0.6 is 0 Å². The van der Waals surface area contributed by atoms with Crippen LogP contribution in [0.15, 0.2) is 11.6 Å². The monoisotopic (exact) mass is 157 g/mol. The lowest BCUT2D eigenvalue weighted by Crippen LogP contribution is -2.13. The Bertz CT molecular complexity index is 142. The van der Waals surface area contributed by atoms with E-state index in [9.17, 15) is 4.39 Å². The van der Waals surface area contributed by atoms with Crippen LogP contribution in [-0.2, 0) is 0 Å². The summed E-state index contributed by atoms with van der Waals surface area (Å²) in [4.78, 5) is 0. The lowest BCUT2D eigenvalue weighted by molar-refractivity contribution is 0.350. The van der Waals surface area contributed by atoms with Gasteiger partial charge in [0.1, 0.15) is 6.17 Å². The van der Waals surface area contributed by atoms with Crippen molar-refractivity contribution in [1.82, 2.24) is 0 Å². The molecule has 1 rings (SSSR count). The quantitative estimate of drug-likeness (QED) is 0.624. The minimum atomic E-state index is -0.764. The van der Waals surface area contributed by atoms with Gasteiger partial charge in [-0.25, -0.2) is 4.39 Å². The Labute approximate surface area is 67.5 Å². The predicted molar refractivity (Wildman–Crippen MR) is 45.1 cm³/mol. The van der Waals surface area contributed by atoms with Crippen molar-refractivity contribution < 1.29 is 4.39 Å². The second-order valence-electron chi connectivity index (χ2n) is 3.07. The molecular weight excluding hydrogens is 141 g/mol. The van der Waals surface area contributed by atoms with Crippen molar-refractivity contribution in [2.24, 2.45) is 5.73 Å². The third-order valence-electron chi connectivity index (χ3n) is 2.15. The molecule has 1 aliphatic carbocycles. The van der Waals surface area contributed by atoms with Gasteiger partial charge in [0.25, 0.3) is 0 Å². The first-order valence-corrected chi connectivity index (χ1v) is 4.37. The van der Waals surface area contributed by atoms with Crippen LogP contribution in [0.3, 0.4) is 0 Å². The Hall–Kier alpha value is -0.370. The highest BCUT2D eigenvalue weighted by Gasteiger charge is 2.13. The summed E-state index contributed by atoms with van der Waals surface area (Å²) in [5.41, 5.74) is 6.26. The van der Waals surface area contributed by atoms with Gasteiger partial charge in [0.15, 0.2) is 0 Å². The molecule has 0 bridgehead atoms. The van der Waals surface area contributed by atoms with E-state index >= 15 is 0 Å². The molecule has 0 aromatic carbocycles. The molecule has 1 aliphatic rings. The fraction of sp³-hybridized carbons (Fsp3) is 0.778. The third-order valence-corrected chi connectivity index (χ3v) is 2.15. The van der Waals surface area contributed by atoms with Crippen molar-refractivity contribution in [2.75, 3.05) is 6.54 Å². The Balaban J connectivity index is 2.37. The molecule has 0 fully saturated rings. The van der Waals surface area contributed by atoms with Crippen LogP contribution in [0.5, 0.6) is 0 Å². The van der Waals surface area contributed by atoms with Gasteiger partial charge in [-0.2, -0.15) is 0 Å². The normalized spacial score (nSPS) is 21.1. The molecule has 0 saturated carbocycles. The van der Waals surface area contributed by atoms with Crippen molar-refractivity contribution in [3.8, 4) is 0 Å². The maximum Gasteiger partial charge on any atom is 0.122 e. The molecule has 0 radical (unpaired) electrons. The van der Waals surface area contributed by atoms with Gasteiger partial charge in [-0.05, 0) is 44.2 Å². The second-order valence-corrected chi connectivity index (χ2v) is 3.07. The van der Waals surface area contributed by atoms with Gasteiger partial charge in [-0.1, -0.05) is 6.08 Å². The van der Waals surface area contributed by atoms with E-state index in [1.54, 1.807) is 0 Å². The summed E-state index contributed by atoms with van der Waals surface area (Å²) in [6.45, 7) is 0.457. The van der Waals surface area contributed by atoms with E-state index in [1.165, 1.54) is 6.42 Å². The minimum Gasteiger partial charge on any atom is -0.330 e. The van der Waals surface area contributed by atoms with Gasteiger partial charge < -0.3 is 5.73 Å². The van der Waals surface area contributed by atoms with Crippen molar-refractivity contribution in [1.29, 1.82) is 0 Å². The van der Waals surface area contributed by atoms with Gasteiger partial charge >= 0.3 is 0 Å². The number of halogens is 1. The van der Waals surface area contributed by atoms with Gasteiger partial charge in [0, 0.05) is 0 Å². The fourth-order valence-electron chi connectivity index (χ4n) is 1.48. The molecule has 0 aromatic heterocycles. The van der Waals surface area contributed by atoms with E-state index in [2.05, 4.69) is 0 Å². The minimum absolute atomic E-state index is 0.457. The molecule has 0 heterocycles. The summed E-state index contributed by atoms with van der Waals surface area (Å²) < 4.78 is 13.1. The number of hydrogen-bond acceptors (Lipinski definition) is 1. The van der Waals surface area contributed by atoms with E-state index in [4.69, 9.17) is 5.73 Å². The highest BCUT2D eigenvalue weighted by molar-refractivity contribution is 5.10. The number of hydrogen-bond donors (Lipinski definition) is 1. The molecule has 1 nitrogen and oxygen atoms in total. The summed E-state index contributed by atoms with van der Waals surface area (Å²) in [7, 11) is 0. The van der Waals surface area contributed by atoms with Crippen LogP contribution in [0.2, 0.25) is 0 Å². The second kappa shape index (κ2) is 4.50. The van der Waals surface area contributed by atoms with Crippen LogP contribution in [0, 0.1) is 0 Å². The lowest BCUT2D eigenvalue weighted by Gasteiger charge is -2.15. The van der Waals surface area contributed by atoms with Gasteiger partial charge in [-0.3, -0.25) is 0 Å². The first-order chi connectivity index (χ1) is 5.34. The average Bonchev–Trinajstić information content (AvgIpc) is 2.07. The Morgan fingerprint density at radius 1 is 1.55 bits per heavy atom. The maximum absolute atomic E-state index is 13.1. The summed E-state index contributed by atoms with van der Waals surface area (Å²) in [5.74, 6) is 0. The third kappa shape index (κ3) is 2.62. The molecule has 1 unspecified atom stereocenters. The van der Waals surface area contributed by atoms with Crippen LogP contribution < -0.4 is 5.73 Å². The zero-order chi connectivity index (χ0) is 8.10. The predicted octanol–water partition coefficient (Wildman–Crippen LogP) is 2.17. The van der Waals surface area contributed by atoms with Gasteiger partial charge in [-0.15, -0.1) is 0 Å². The molecule has 0 spiro atoms. The molecular formula is C9H16FN. The summed E-state index contributed by atoms with van der Waals surface area (Å²) in [6.07, 6.45) is 6.15. The molecule has 1 atom stereocenters. The molecule has 2 heteroatoms. The largest absolute Gasteiger partial charge is 0.330 e. The molecule has 0 saturated heterocycles. The van der Waals surface area contributed by atoms with E-state index in [0.29, 0.717) is 13.0 Å². The van der Waals surface area contributed by atoms with Crippen molar-refractivity contribution in [3.63, 3.8) is 0 Å². The zero-order valence-electron chi connectivity index (χ0n) is 6.85. The Morgan fingerprint density at radius 3 is 2.91 bits per heavy atom. The van der Waals surface area contributed by atoms with E-state index in [1.807, 2.05) is 6.08 Å². The molecule has 64 valence electrons. The van der Waals surface area contributed by atoms with E-state index in [0.717, 1.165) is 24.8 Å². The first-order valence-electron chi connectivity index (χ1n) is 4.37. The number of alkyl halides is 1. The molecule has 0 aromatic rings. The highest BCUT2D eigenvalue weighted by Crippen LogP contribution is 2.23. The molecule has 2 N–H and O–H groups in total. The SMILES string of the molecule is NCCC(F)C1=CCCCC1. The molecule has 0 aliphatic heterocycles. The van der Waals surface area contributed by atoms with E-state index in [-0.39, 0.29) is 0 Å². The smallest absolute Gasteiger partial charge is 0.122 e. The maximum atomic E-state index is 13.1. The van der Waals surface area contributed by atoms with Crippen LogP contribution in [0.25, 0.3) is 0 Å². The topological polar surface area (TPSA) is 26.0 Å². The lowest BCUT2D eigenvalue weighted by atomic mass is 9.95. The number of rotatable bonds is 3. The van der Waals surface area contributed by atoms with Crippen LogP contribution in [0.4, 0.5) is 4.39 Å². The first kappa shape index (κ1) is 8.72. The van der Waals surface area contributed by atoms with Crippen molar-refractivity contribution >= 4 is 0 Å². The number of allylic oxidation sites excluding steroid dienone is 2. The van der Waals surface area contributed by atoms with Crippen LogP contribution in [0.1, 0.15) is 32.1 Å². The number of nitrogens with two attached hydrogens (primary N) is 1. The van der Waals surface area contributed by atoms with Gasteiger partial charge in [0.2, 0.25) is 0 Å². The van der Waals surface area contributed by atoms with Gasteiger partial charge in [0.05, 0.1) is 0 Å². The summed E-state index contributed by atoms with van der Waals surface area (Å²) in [6, 6.07) is 0. The Morgan fingerprint density at radius 2 is 2.36 bits per heavy atom. The standard InChI is InChI=1S/C9H16FN/c10-9(6-7-11)8-4-2-1-3-5-8/h4,9H,1-3,5-7,11H2. The fourth-order valence-corrected chi connectivity index (χ4v) is 1.48. The van der Waals surface area contributed by atoms with Crippen molar-refractivity contribution in [3.05, 3.63) is 11.6 Å². The zero-order valence-corrected chi connectivity index (χ0v) is 6.85. The van der Waals surface area contributed by atoms with Crippen LogP contribution in [-0.4, -0.2) is 12.7 Å². The molecule has 0 amide bonds. The van der Waals surface area contributed by atoms with Crippen molar-refractivity contribution in [2.45, 2.75) is 38.3 Å². The average molecular weight is 157 g/mol. The summed E-state index contributed by atoms with van der Waals surface area (Å²) >= 11 is 0. The summed E-state index contributed by atoms with van der Waals surface area (Å²) in [5, 5.41) is 0. The Kier molecular flexibility index (Phi) is 3.57. The highest BCUT2D eigenvalue weighted by atomic mass is 19.1. The molecule has 11 heavy (non-hydrogen) atoms. The van der Waals surface area contributed by atoms with E-state index < -0.39 is 6.17 Å².